The van der Waals surface area contributed by atoms with Crippen LogP contribution < -0.4 is 20.7 Å². The van der Waals surface area contributed by atoms with Gasteiger partial charge in [0.05, 0.1) is 7.64 Å². The molecule has 2 rings (SSSR count). The first-order chi connectivity index (χ1) is 20.7. The predicted octanol–water partition coefficient (Wildman–Crippen LogP) is 2.28. The zero-order valence-electron chi connectivity index (χ0n) is 27.7. The third-order valence-corrected chi connectivity index (χ3v) is 5.34. The van der Waals surface area contributed by atoms with Crippen LogP contribution >= 0.6 is 0 Å². The minimum Gasteiger partial charge on any atom is -0.483 e. The number of primary sulfonamides is 1. The zero-order valence-corrected chi connectivity index (χ0v) is 21.5. The summed E-state index contributed by atoms with van der Waals surface area (Å²) < 4.78 is 131. The summed E-state index contributed by atoms with van der Waals surface area (Å²) in [7, 11) is -4.37. The van der Waals surface area contributed by atoms with E-state index in [9.17, 15) is 36.0 Å². The number of nitrogens with zero attached hydrogens (tertiary/aromatic N) is 1. The first kappa shape index (κ1) is 22.0. The van der Waals surface area contributed by atoms with Crippen LogP contribution in [0.5, 0.6) is 5.75 Å². The van der Waals surface area contributed by atoms with E-state index in [1.165, 1.54) is 20.8 Å². The lowest BCUT2D eigenvalue weighted by Crippen LogP contribution is -2.49. The molecule has 214 valence electrons. The Bertz CT molecular complexity index is 1620. The van der Waals surface area contributed by atoms with Crippen molar-refractivity contribution < 1.29 is 55.0 Å². The molecule has 0 aliphatic carbocycles. The number of nitrogens with two attached hydrogens (primary N) is 1. The van der Waals surface area contributed by atoms with Crippen LogP contribution in [0, 0.1) is 17.5 Å². The van der Waals surface area contributed by atoms with Crippen LogP contribution in [-0.4, -0.2) is 49.9 Å². The van der Waals surface area contributed by atoms with Crippen molar-refractivity contribution in [2.45, 2.75) is 51.0 Å². The Morgan fingerprint density at radius 1 is 1.10 bits per heavy atom. The largest absolute Gasteiger partial charge is 0.483 e. The van der Waals surface area contributed by atoms with E-state index in [1.54, 1.807) is 0 Å². The van der Waals surface area contributed by atoms with Crippen molar-refractivity contribution in [1.82, 2.24) is 15.8 Å². The Labute approximate surface area is 233 Å². The third kappa shape index (κ3) is 9.76. The second-order valence-electron chi connectivity index (χ2n) is 8.72. The number of carbonyl (C=O) groups excluding carboxylic acids is 3. The number of amides is 3. The lowest BCUT2D eigenvalue weighted by atomic mass is 10.1. The van der Waals surface area contributed by atoms with Gasteiger partial charge in [0.15, 0.2) is 6.56 Å². The molecule has 0 radical (unpaired) electrons. The van der Waals surface area contributed by atoms with E-state index in [2.05, 4.69) is 0 Å². The highest BCUT2D eigenvalue weighted by atomic mass is 32.2. The Balaban J connectivity index is 2.52. The maximum absolute atomic E-state index is 14.8. The molecule has 0 bridgehead atoms. The molecule has 0 aliphatic heterocycles. The number of carbonyl (C=O) groups is 3. The number of ether oxygens (including phenoxy) is 2. The topological polar surface area (TPSA) is 157 Å². The molecule has 0 unspecified atom stereocenters. The Morgan fingerprint density at radius 3 is 2.38 bits per heavy atom. The number of rotatable bonds is 9. The number of nitrogens with one attached hydrogen (secondary N) is 2. The molecule has 39 heavy (non-hydrogen) atoms. The van der Waals surface area contributed by atoms with Crippen molar-refractivity contribution in [3.63, 3.8) is 0 Å². The van der Waals surface area contributed by atoms with Crippen molar-refractivity contribution in [3.05, 3.63) is 58.9 Å². The van der Waals surface area contributed by atoms with E-state index >= 15 is 0 Å². The van der Waals surface area contributed by atoms with Crippen molar-refractivity contribution in [2.75, 3.05) is 13.1 Å². The number of sulfonamides is 1. The normalized spacial score (nSPS) is 15.2. The molecule has 15 heteroatoms. The van der Waals surface area contributed by atoms with Gasteiger partial charge in [0.1, 0.15) is 35.3 Å². The summed E-state index contributed by atoms with van der Waals surface area (Å²) in [6.45, 7) is -4.99. The minimum absolute atomic E-state index is 0.103. The van der Waals surface area contributed by atoms with Gasteiger partial charge in [-0.1, -0.05) is 12.9 Å². The van der Waals surface area contributed by atoms with E-state index in [0.717, 1.165) is 12.1 Å². The summed E-state index contributed by atoms with van der Waals surface area (Å²) in [5.74, 6) is -8.98. The number of hydrogen-bond acceptors (Lipinski definition) is 7. The lowest BCUT2D eigenvalue weighted by molar-refractivity contribution is -0.138. The first-order valence-corrected chi connectivity index (χ1v) is 12.3. The number of hydrazine groups is 1. The van der Waals surface area contributed by atoms with Crippen molar-refractivity contribution in [3.8, 4) is 5.75 Å². The number of hydrogen-bond donors (Lipinski definition) is 3. The fourth-order valence-electron chi connectivity index (χ4n) is 2.79. The summed E-state index contributed by atoms with van der Waals surface area (Å²) in [5.41, 5.74) is 0.768. The molecule has 0 fully saturated rings. The van der Waals surface area contributed by atoms with Crippen LogP contribution in [0.15, 0.2) is 35.2 Å². The Kier molecular flexibility index (Phi) is 7.23. The molecular formula is C24H29F3N4O7S. The van der Waals surface area contributed by atoms with Gasteiger partial charge >= 0.3 is 6.09 Å². The summed E-state index contributed by atoms with van der Waals surface area (Å²) in [4.78, 5) is 37.5. The van der Waals surface area contributed by atoms with Crippen LogP contribution in [0.2, 0.25) is 0 Å². The molecule has 0 heterocycles. The molecule has 2 aromatic rings. The standard InChI is InChI=1S/C24H29F3N4O7S/c1-5-17-19(27)8-15(25)9-20(17)37-13-22(33)31(12-21(32)29-30-23(34)38-24(2,3)4)11-14-6-7-16(10-18(14)26)39(28,35)36/h6-10H,5,11-13H2,1-4H3,(H,29,32)(H,30,34)(H2,28,35,36)/i1D3,5D2,13D2. The van der Waals surface area contributed by atoms with Gasteiger partial charge in [-0.25, -0.2) is 36.9 Å². The van der Waals surface area contributed by atoms with Crippen LogP contribution in [0.1, 0.15) is 48.3 Å². The number of halogens is 3. The number of benzene rings is 2. The maximum Gasteiger partial charge on any atom is 0.426 e. The SMILES string of the molecule is [2H]C([2H])(Oc1cc(F)cc(F)c1C([2H])([2H])C([2H])([2H])[2H])C(=O)N(CC(=O)NNC(=O)OC(C)(C)C)Cc1ccc(S(N)(=O)=O)cc1F. The molecule has 4 N–H and O–H groups in total. The van der Waals surface area contributed by atoms with Crippen LogP contribution in [-0.2, 0) is 37.3 Å². The molecule has 0 atom stereocenters. The highest BCUT2D eigenvalue weighted by Crippen LogP contribution is 2.24. The van der Waals surface area contributed by atoms with Gasteiger partial charge in [-0.05, 0) is 39.3 Å². The van der Waals surface area contributed by atoms with Crippen molar-refractivity contribution >= 4 is 27.9 Å². The third-order valence-electron chi connectivity index (χ3n) is 4.43. The quantitative estimate of drug-likeness (QED) is 0.384. The van der Waals surface area contributed by atoms with Gasteiger partial charge in [0.2, 0.25) is 10.0 Å². The molecule has 11 nitrogen and oxygen atoms in total. The smallest absolute Gasteiger partial charge is 0.426 e. The molecule has 0 saturated carbocycles. The predicted molar refractivity (Wildman–Crippen MR) is 132 cm³/mol. The molecule has 0 aliphatic rings. The van der Waals surface area contributed by atoms with E-state index in [1.807, 2.05) is 10.9 Å². The molecule has 0 saturated heterocycles. The average Bonchev–Trinajstić information content (AvgIpc) is 2.84. The van der Waals surface area contributed by atoms with Gasteiger partial charge in [-0.15, -0.1) is 0 Å². The molecule has 0 spiro atoms. The maximum atomic E-state index is 14.8. The average molecular weight is 582 g/mol. The lowest BCUT2D eigenvalue weighted by Gasteiger charge is -2.24. The molecule has 2 aromatic carbocycles. The van der Waals surface area contributed by atoms with Gasteiger partial charge in [0, 0.05) is 36.7 Å². The molecule has 3 amide bonds. The fraction of sp³-hybridized carbons (Fsp3) is 0.375. The fourth-order valence-corrected chi connectivity index (χ4v) is 3.32. The highest BCUT2D eigenvalue weighted by Gasteiger charge is 2.23. The summed E-state index contributed by atoms with van der Waals surface area (Å²) in [6, 6.07) is 2.48. The van der Waals surface area contributed by atoms with E-state index in [0.29, 0.717) is 6.07 Å². The van der Waals surface area contributed by atoms with Gasteiger partial charge in [-0.2, -0.15) is 0 Å². The monoisotopic (exact) mass is 581 g/mol. The van der Waals surface area contributed by atoms with Crippen LogP contribution in [0.3, 0.4) is 0 Å². The molecule has 0 aromatic heterocycles. The summed E-state index contributed by atoms with van der Waals surface area (Å²) >= 11 is 0. The van der Waals surface area contributed by atoms with Gasteiger partial charge in [0.25, 0.3) is 11.8 Å². The van der Waals surface area contributed by atoms with E-state index < -0.39 is 106 Å². The minimum atomic E-state index is -4.37. The summed E-state index contributed by atoms with van der Waals surface area (Å²) in [6.07, 6.45) is -4.74. The highest BCUT2D eigenvalue weighted by molar-refractivity contribution is 7.89. The van der Waals surface area contributed by atoms with Crippen molar-refractivity contribution in [2.24, 2.45) is 5.14 Å². The van der Waals surface area contributed by atoms with E-state index in [4.69, 9.17) is 24.2 Å². The second-order valence-corrected chi connectivity index (χ2v) is 10.3. The molecular weight excluding hydrogens is 545 g/mol. The van der Waals surface area contributed by atoms with Crippen molar-refractivity contribution in [1.29, 1.82) is 0 Å². The van der Waals surface area contributed by atoms with Gasteiger partial charge < -0.3 is 14.4 Å². The Morgan fingerprint density at radius 2 is 1.79 bits per heavy atom. The second kappa shape index (κ2) is 12.8. The van der Waals surface area contributed by atoms with E-state index in [-0.39, 0.29) is 17.0 Å². The Hall–Kier alpha value is -3.85. The van der Waals surface area contributed by atoms with Crippen LogP contribution in [0.4, 0.5) is 18.0 Å². The van der Waals surface area contributed by atoms with Gasteiger partial charge in [-0.3, -0.25) is 15.0 Å². The summed E-state index contributed by atoms with van der Waals surface area (Å²) in [5, 5.41) is 4.97. The zero-order chi connectivity index (χ0) is 35.6. The van der Waals surface area contributed by atoms with Crippen LogP contribution in [0.25, 0.3) is 0 Å². The first-order valence-electron chi connectivity index (χ1n) is 14.2.